The third kappa shape index (κ3) is 3.31. The van der Waals surface area contributed by atoms with Crippen molar-refractivity contribution in [2.24, 2.45) is 5.73 Å². The zero-order valence-corrected chi connectivity index (χ0v) is 13.3. The number of nitrogens with zero attached hydrogens (tertiary/aromatic N) is 3. The van der Waals surface area contributed by atoms with E-state index in [2.05, 4.69) is 4.98 Å². The van der Waals surface area contributed by atoms with E-state index >= 15 is 0 Å². The number of imidazole rings is 1. The fourth-order valence-electron chi connectivity index (χ4n) is 2.61. The average molecular weight is 331 g/mol. The summed E-state index contributed by atoms with van der Waals surface area (Å²) in [6.07, 6.45) is 4.96. The lowest BCUT2D eigenvalue weighted by atomic mass is 10.2. The summed E-state index contributed by atoms with van der Waals surface area (Å²) in [4.78, 5) is 18.7. The molecule has 3 rings (SSSR count). The Morgan fingerprint density at radius 3 is 2.76 bits per heavy atom. The van der Waals surface area contributed by atoms with Crippen molar-refractivity contribution < 1.29 is 4.79 Å². The summed E-state index contributed by atoms with van der Waals surface area (Å²) in [7, 11) is 0. The highest BCUT2D eigenvalue weighted by molar-refractivity contribution is 5.94. The maximum absolute atomic E-state index is 12.4. The van der Waals surface area contributed by atoms with Gasteiger partial charge in [0.2, 0.25) is 0 Å². The van der Waals surface area contributed by atoms with Crippen molar-refractivity contribution in [1.29, 1.82) is 0 Å². The Morgan fingerprint density at radius 1 is 1.19 bits per heavy atom. The van der Waals surface area contributed by atoms with Gasteiger partial charge < -0.3 is 10.6 Å². The van der Waals surface area contributed by atoms with Crippen LogP contribution in [0.5, 0.6) is 0 Å². The van der Waals surface area contributed by atoms with Crippen molar-refractivity contribution in [3.8, 4) is 0 Å². The number of hydrogen-bond acceptors (Lipinski definition) is 3. The molecule has 2 aromatic heterocycles. The Balaban J connectivity index is 0.00000110. The van der Waals surface area contributed by atoms with Crippen molar-refractivity contribution in [1.82, 2.24) is 14.3 Å². The quantitative estimate of drug-likeness (QED) is 0.855. The fourth-order valence-corrected chi connectivity index (χ4v) is 2.61. The predicted octanol–water partition coefficient (Wildman–Crippen LogP) is 2.26. The summed E-state index contributed by atoms with van der Waals surface area (Å²) in [5.41, 5.74) is 8.14. The zero-order chi connectivity index (χ0) is 13.2. The van der Waals surface area contributed by atoms with E-state index in [0.29, 0.717) is 6.54 Å². The van der Waals surface area contributed by atoms with Crippen molar-refractivity contribution >= 4 is 36.4 Å². The summed E-state index contributed by atoms with van der Waals surface area (Å²) in [5.74, 6) is 0.101. The minimum atomic E-state index is 0. The third-order valence-electron chi connectivity index (χ3n) is 3.59. The molecule has 0 radical (unpaired) electrons. The number of rotatable bonds is 5. The van der Waals surface area contributed by atoms with Crippen molar-refractivity contribution in [3.05, 3.63) is 35.8 Å². The first kappa shape index (κ1) is 17.8. The molecule has 0 spiro atoms. The summed E-state index contributed by atoms with van der Waals surface area (Å²) in [5, 5.41) is 0. The van der Waals surface area contributed by atoms with E-state index in [4.69, 9.17) is 5.73 Å². The number of carbonyl (C=O) groups excluding carboxylic acids is 1. The van der Waals surface area contributed by atoms with Crippen molar-refractivity contribution in [2.45, 2.75) is 25.8 Å². The van der Waals surface area contributed by atoms with E-state index < -0.39 is 0 Å². The lowest BCUT2D eigenvalue weighted by Gasteiger charge is -2.27. The van der Waals surface area contributed by atoms with Crippen LogP contribution < -0.4 is 5.73 Å². The second-order valence-corrected chi connectivity index (χ2v) is 4.93. The zero-order valence-electron chi connectivity index (χ0n) is 11.7. The molecule has 0 unspecified atom stereocenters. The largest absolute Gasteiger partial charge is 0.331 e. The number of unbranched alkanes of at least 4 members (excludes halogenated alkanes) is 2. The summed E-state index contributed by atoms with van der Waals surface area (Å²) in [6.45, 7) is 2.17. The van der Waals surface area contributed by atoms with E-state index in [0.717, 1.165) is 49.4 Å². The van der Waals surface area contributed by atoms with Gasteiger partial charge in [-0.15, -0.1) is 24.8 Å². The van der Waals surface area contributed by atoms with E-state index in [9.17, 15) is 4.79 Å². The molecular formula is C14H20Cl2N4O. The molecule has 0 fully saturated rings. The summed E-state index contributed by atoms with van der Waals surface area (Å²) in [6, 6.07) is 5.68. The van der Waals surface area contributed by atoms with Crippen LogP contribution >= 0.6 is 24.8 Å². The molecule has 0 atom stereocenters. The minimum Gasteiger partial charge on any atom is -0.331 e. The van der Waals surface area contributed by atoms with Gasteiger partial charge in [0.15, 0.2) is 0 Å². The normalized spacial score (nSPS) is 13.0. The van der Waals surface area contributed by atoms with Crippen LogP contribution in [-0.2, 0) is 6.54 Å². The van der Waals surface area contributed by atoms with E-state index in [1.165, 1.54) is 0 Å². The van der Waals surface area contributed by atoms with Gasteiger partial charge >= 0.3 is 0 Å². The highest BCUT2D eigenvalue weighted by Crippen LogP contribution is 2.20. The SMILES string of the molecule is Cl.Cl.NCCCCCN1Cc2cnc3cccc(n23)C1=O. The topological polar surface area (TPSA) is 63.6 Å². The molecule has 1 aliphatic heterocycles. The number of halogens is 2. The molecule has 21 heavy (non-hydrogen) atoms. The number of carbonyl (C=O) groups is 1. The van der Waals surface area contributed by atoms with E-state index in [1.54, 1.807) is 0 Å². The van der Waals surface area contributed by atoms with Gasteiger partial charge in [-0.1, -0.05) is 12.5 Å². The van der Waals surface area contributed by atoms with Crippen molar-refractivity contribution in [2.75, 3.05) is 13.1 Å². The number of pyridine rings is 1. The standard InChI is InChI=1S/C14H18N4O.2ClH/c15-7-2-1-3-8-17-10-11-9-16-13-6-4-5-12(14(17)19)18(11)13;;/h4-6,9H,1-3,7-8,10,15H2;2*1H. The lowest BCUT2D eigenvalue weighted by Crippen LogP contribution is -2.37. The molecule has 0 saturated carbocycles. The Kier molecular flexibility index (Phi) is 6.45. The highest BCUT2D eigenvalue weighted by Gasteiger charge is 2.25. The molecule has 7 heteroatoms. The highest BCUT2D eigenvalue weighted by atomic mass is 35.5. The molecule has 0 aromatic carbocycles. The van der Waals surface area contributed by atoms with Gasteiger partial charge in [-0.05, 0) is 31.5 Å². The summed E-state index contributed by atoms with van der Waals surface area (Å²) >= 11 is 0. The Bertz CT molecular complexity index is 614. The van der Waals surface area contributed by atoms with Crippen LogP contribution in [-0.4, -0.2) is 33.3 Å². The molecule has 1 aliphatic rings. The number of amides is 1. The Hall–Kier alpha value is -1.30. The predicted molar refractivity (Wildman–Crippen MR) is 87.3 cm³/mol. The van der Waals surface area contributed by atoms with Gasteiger partial charge in [0.25, 0.3) is 5.91 Å². The monoisotopic (exact) mass is 330 g/mol. The summed E-state index contributed by atoms with van der Waals surface area (Å²) < 4.78 is 1.96. The van der Waals surface area contributed by atoms with Crippen LogP contribution in [0.25, 0.3) is 5.65 Å². The third-order valence-corrected chi connectivity index (χ3v) is 3.59. The molecule has 1 amide bonds. The molecule has 2 N–H and O–H groups in total. The average Bonchev–Trinajstić information content (AvgIpc) is 2.84. The molecule has 2 aromatic rings. The van der Waals surface area contributed by atoms with Crippen LogP contribution in [0.1, 0.15) is 35.4 Å². The smallest absolute Gasteiger partial charge is 0.271 e. The molecule has 116 valence electrons. The van der Waals surface area contributed by atoms with Crippen LogP contribution in [0.4, 0.5) is 0 Å². The molecule has 5 nitrogen and oxygen atoms in total. The first-order chi connectivity index (χ1) is 9.31. The van der Waals surface area contributed by atoms with Crippen LogP contribution in [0, 0.1) is 0 Å². The first-order valence-corrected chi connectivity index (χ1v) is 6.76. The van der Waals surface area contributed by atoms with E-state index in [1.807, 2.05) is 33.7 Å². The maximum atomic E-state index is 12.4. The second-order valence-electron chi connectivity index (χ2n) is 4.93. The van der Waals surface area contributed by atoms with E-state index in [-0.39, 0.29) is 30.7 Å². The van der Waals surface area contributed by atoms with Gasteiger partial charge in [-0.3, -0.25) is 9.20 Å². The van der Waals surface area contributed by atoms with Crippen molar-refractivity contribution in [3.63, 3.8) is 0 Å². The number of hydrogen-bond donors (Lipinski definition) is 1. The second kappa shape index (κ2) is 7.64. The minimum absolute atomic E-state index is 0. The molecular weight excluding hydrogens is 311 g/mol. The van der Waals surface area contributed by atoms with Gasteiger partial charge in [0, 0.05) is 6.54 Å². The molecule has 3 heterocycles. The lowest BCUT2D eigenvalue weighted by molar-refractivity contribution is 0.0711. The number of aromatic nitrogens is 2. The first-order valence-electron chi connectivity index (χ1n) is 6.76. The number of nitrogens with two attached hydrogens (primary N) is 1. The van der Waals surface area contributed by atoms with Gasteiger partial charge in [-0.25, -0.2) is 4.98 Å². The molecule has 0 saturated heterocycles. The van der Waals surface area contributed by atoms with Crippen LogP contribution in [0.15, 0.2) is 24.4 Å². The van der Waals surface area contributed by atoms with Gasteiger partial charge in [-0.2, -0.15) is 0 Å². The fraction of sp³-hybridized carbons (Fsp3) is 0.429. The molecule has 0 bridgehead atoms. The van der Waals surface area contributed by atoms with Crippen LogP contribution in [0.2, 0.25) is 0 Å². The van der Waals surface area contributed by atoms with Crippen LogP contribution in [0.3, 0.4) is 0 Å². The maximum Gasteiger partial charge on any atom is 0.271 e. The van der Waals surface area contributed by atoms with Gasteiger partial charge in [0.05, 0.1) is 18.4 Å². The Labute approximate surface area is 136 Å². The van der Waals surface area contributed by atoms with Gasteiger partial charge in [0.1, 0.15) is 11.3 Å². The Morgan fingerprint density at radius 2 is 2.00 bits per heavy atom. The molecule has 0 aliphatic carbocycles.